The van der Waals surface area contributed by atoms with Gasteiger partial charge in [-0.05, 0) is 48.6 Å². The molecule has 1 aliphatic rings. The van der Waals surface area contributed by atoms with E-state index in [1.165, 1.54) is 5.56 Å². The lowest BCUT2D eigenvalue weighted by atomic mass is 9.82. The monoisotopic (exact) mass is 293 g/mol. The van der Waals surface area contributed by atoms with E-state index in [0.717, 1.165) is 6.42 Å². The smallest absolute Gasteiger partial charge is 0.307 e. The van der Waals surface area contributed by atoms with Crippen LogP contribution in [0.2, 0.25) is 0 Å². The second-order valence-corrected chi connectivity index (χ2v) is 6.02. The Labute approximate surface area is 122 Å². The summed E-state index contributed by atoms with van der Waals surface area (Å²) in [5, 5.41) is 16.2. The number of thiophene rings is 1. The molecule has 2 rings (SSSR count). The average Bonchev–Trinajstić information content (AvgIpc) is 2.91. The van der Waals surface area contributed by atoms with Crippen LogP contribution < -0.4 is 5.32 Å². The zero-order chi connectivity index (χ0) is 14.5. The number of rotatable bonds is 5. The van der Waals surface area contributed by atoms with Crippen LogP contribution in [0.15, 0.2) is 29.0 Å². The molecule has 5 heteroatoms. The van der Waals surface area contributed by atoms with E-state index in [1.807, 2.05) is 30.5 Å². The van der Waals surface area contributed by atoms with Crippen LogP contribution in [-0.4, -0.2) is 23.0 Å². The number of carboxylic acid groups (broad SMARTS) is 1. The molecule has 1 unspecified atom stereocenters. The van der Waals surface area contributed by atoms with Crippen LogP contribution in [0.25, 0.3) is 0 Å². The normalized spacial score (nSPS) is 23.2. The van der Waals surface area contributed by atoms with E-state index in [-0.39, 0.29) is 11.9 Å². The van der Waals surface area contributed by atoms with E-state index in [9.17, 15) is 14.7 Å². The lowest BCUT2D eigenvalue weighted by Gasteiger charge is -2.26. The Bertz CT molecular complexity index is 495. The van der Waals surface area contributed by atoms with Crippen LogP contribution in [0.3, 0.4) is 0 Å². The maximum Gasteiger partial charge on any atom is 0.307 e. The maximum absolute atomic E-state index is 12.2. The number of allylic oxidation sites excluding steroid dienone is 2. The summed E-state index contributed by atoms with van der Waals surface area (Å²) in [6.45, 7) is 1.95. The number of nitrogens with one attached hydrogen (secondary N) is 1. The molecule has 0 aromatic carbocycles. The highest BCUT2D eigenvalue weighted by molar-refractivity contribution is 7.07. The van der Waals surface area contributed by atoms with Crippen molar-refractivity contribution in [2.24, 2.45) is 11.8 Å². The topological polar surface area (TPSA) is 66.4 Å². The Hall–Kier alpha value is -1.62. The third-order valence-electron chi connectivity index (χ3n) is 3.60. The van der Waals surface area contributed by atoms with Crippen molar-refractivity contribution in [1.82, 2.24) is 5.32 Å². The number of carbonyl (C=O) groups excluding carboxylic acids is 1. The van der Waals surface area contributed by atoms with E-state index in [4.69, 9.17) is 0 Å². The predicted molar refractivity (Wildman–Crippen MR) is 78.6 cm³/mol. The molecule has 20 heavy (non-hydrogen) atoms. The predicted octanol–water partition coefficient (Wildman–Crippen LogP) is 2.46. The molecule has 0 spiro atoms. The molecule has 0 radical (unpaired) electrons. The zero-order valence-electron chi connectivity index (χ0n) is 11.4. The van der Waals surface area contributed by atoms with E-state index in [2.05, 4.69) is 10.7 Å². The first-order chi connectivity index (χ1) is 9.58. The molecule has 0 aliphatic heterocycles. The molecule has 1 amide bonds. The summed E-state index contributed by atoms with van der Waals surface area (Å²) in [7, 11) is 0. The number of hydrogen-bond acceptors (Lipinski definition) is 3. The van der Waals surface area contributed by atoms with Gasteiger partial charge in [0.2, 0.25) is 5.91 Å². The van der Waals surface area contributed by atoms with E-state index < -0.39 is 17.8 Å². The van der Waals surface area contributed by atoms with Gasteiger partial charge in [0.25, 0.3) is 0 Å². The van der Waals surface area contributed by atoms with Crippen molar-refractivity contribution in [3.63, 3.8) is 0 Å². The van der Waals surface area contributed by atoms with E-state index >= 15 is 0 Å². The third kappa shape index (κ3) is 3.70. The Morgan fingerprint density at radius 3 is 2.70 bits per heavy atom. The van der Waals surface area contributed by atoms with Crippen LogP contribution >= 0.6 is 11.3 Å². The number of hydrogen-bond donors (Lipinski definition) is 2. The number of carbonyl (C=O) groups is 2. The van der Waals surface area contributed by atoms with Gasteiger partial charge in [0.05, 0.1) is 11.8 Å². The summed E-state index contributed by atoms with van der Waals surface area (Å²) >= 11 is 1.63. The Balaban J connectivity index is 1.93. The molecule has 1 heterocycles. The first-order valence-corrected chi connectivity index (χ1v) is 7.71. The van der Waals surface area contributed by atoms with Gasteiger partial charge in [0.1, 0.15) is 0 Å². The molecular formula is C15H19NO3S. The quantitative estimate of drug-likeness (QED) is 0.820. The molecule has 1 aromatic heterocycles. The lowest BCUT2D eigenvalue weighted by Crippen LogP contribution is -2.43. The molecule has 0 saturated heterocycles. The van der Waals surface area contributed by atoms with Crippen molar-refractivity contribution in [2.75, 3.05) is 0 Å². The summed E-state index contributed by atoms with van der Waals surface area (Å²) in [5.74, 6) is -2.10. The van der Waals surface area contributed by atoms with Gasteiger partial charge in [-0.3, -0.25) is 9.59 Å². The maximum atomic E-state index is 12.2. The second-order valence-electron chi connectivity index (χ2n) is 5.24. The van der Waals surface area contributed by atoms with Gasteiger partial charge >= 0.3 is 5.97 Å². The molecule has 0 fully saturated rings. The SMILES string of the molecule is CC(Cc1ccsc1)NC(=O)[C@@H]1CC=CC[C@@H]1C(=O)O. The van der Waals surface area contributed by atoms with Crippen molar-refractivity contribution >= 4 is 23.2 Å². The summed E-state index contributed by atoms with van der Waals surface area (Å²) < 4.78 is 0. The summed E-state index contributed by atoms with van der Waals surface area (Å²) in [5.41, 5.74) is 1.20. The van der Waals surface area contributed by atoms with Crippen LogP contribution in [0.5, 0.6) is 0 Å². The largest absolute Gasteiger partial charge is 0.481 e. The minimum Gasteiger partial charge on any atom is -0.481 e. The lowest BCUT2D eigenvalue weighted by molar-refractivity contribution is -0.147. The van der Waals surface area contributed by atoms with Crippen LogP contribution in [0, 0.1) is 11.8 Å². The molecule has 0 saturated carbocycles. The van der Waals surface area contributed by atoms with Gasteiger partial charge in [-0.25, -0.2) is 0 Å². The van der Waals surface area contributed by atoms with Gasteiger partial charge in [0.15, 0.2) is 0 Å². The Morgan fingerprint density at radius 2 is 2.10 bits per heavy atom. The highest BCUT2D eigenvalue weighted by atomic mass is 32.1. The highest BCUT2D eigenvalue weighted by Crippen LogP contribution is 2.26. The molecule has 4 nitrogen and oxygen atoms in total. The Kier molecular flexibility index (Phi) is 4.95. The first-order valence-electron chi connectivity index (χ1n) is 6.77. The van der Waals surface area contributed by atoms with Crippen LogP contribution in [0.1, 0.15) is 25.3 Å². The second kappa shape index (κ2) is 6.70. The molecular weight excluding hydrogens is 274 g/mol. The van der Waals surface area contributed by atoms with Crippen LogP contribution in [-0.2, 0) is 16.0 Å². The molecule has 108 valence electrons. The van der Waals surface area contributed by atoms with Crippen molar-refractivity contribution in [3.05, 3.63) is 34.5 Å². The van der Waals surface area contributed by atoms with E-state index in [1.54, 1.807) is 11.3 Å². The fraction of sp³-hybridized carbons (Fsp3) is 0.467. The number of carboxylic acids is 1. The molecule has 1 aromatic rings. The fourth-order valence-electron chi connectivity index (χ4n) is 2.54. The van der Waals surface area contributed by atoms with Crippen molar-refractivity contribution in [3.8, 4) is 0 Å². The van der Waals surface area contributed by atoms with Crippen LogP contribution in [0.4, 0.5) is 0 Å². The average molecular weight is 293 g/mol. The highest BCUT2D eigenvalue weighted by Gasteiger charge is 2.34. The van der Waals surface area contributed by atoms with Gasteiger partial charge in [-0.1, -0.05) is 12.2 Å². The zero-order valence-corrected chi connectivity index (χ0v) is 12.2. The van der Waals surface area contributed by atoms with Crippen molar-refractivity contribution in [1.29, 1.82) is 0 Å². The van der Waals surface area contributed by atoms with E-state index in [0.29, 0.717) is 12.8 Å². The van der Waals surface area contributed by atoms with Gasteiger partial charge in [-0.15, -0.1) is 0 Å². The van der Waals surface area contributed by atoms with Crippen molar-refractivity contribution in [2.45, 2.75) is 32.2 Å². The summed E-state index contributed by atoms with van der Waals surface area (Å²) in [6.07, 6.45) is 5.46. The van der Waals surface area contributed by atoms with Crippen molar-refractivity contribution < 1.29 is 14.7 Å². The minimum atomic E-state index is -0.889. The summed E-state index contributed by atoms with van der Waals surface area (Å²) in [4.78, 5) is 23.4. The molecule has 0 bridgehead atoms. The number of aliphatic carboxylic acids is 1. The third-order valence-corrected chi connectivity index (χ3v) is 4.33. The first kappa shape index (κ1) is 14.8. The van der Waals surface area contributed by atoms with Gasteiger partial charge in [-0.2, -0.15) is 11.3 Å². The number of amides is 1. The Morgan fingerprint density at radius 1 is 1.40 bits per heavy atom. The molecule has 1 aliphatic carbocycles. The van der Waals surface area contributed by atoms with Gasteiger partial charge in [0, 0.05) is 6.04 Å². The standard InChI is InChI=1S/C15H19NO3S/c1-10(8-11-6-7-20-9-11)16-14(17)12-4-2-3-5-13(12)15(18)19/h2-3,6-7,9-10,12-13H,4-5,8H2,1H3,(H,16,17)(H,18,19)/t10?,12-,13+/m1/s1. The minimum absolute atomic E-state index is 0.0115. The molecule has 2 N–H and O–H groups in total. The fourth-order valence-corrected chi connectivity index (χ4v) is 3.22. The molecule has 3 atom stereocenters. The summed E-state index contributed by atoms with van der Waals surface area (Å²) in [6, 6.07) is 2.05. The van der Waals surface area contributed by atoms with Gasteiger partial charge < -0.3 is 10.4 Å².